The molecule has 0 spiro atoms. The number of anilines is 1. The molecule has 0 radical (unpaired) electrons. The maximum Gasteiger partial charge on any atom is 0.232 e. The molecule has 1 saturated heterocycles. The molecule has 7 nitrogen and oxygen atoms in total. The predicted octanol–water partition coefficient (Wildman–Crippen LogP) is 1.49. The van der Waals surface area contributed by atoms with Crippen molar-refractivity contribution in [3.05, 3.63) is 36.2 Å². The highest BCUT2D eigenvalue weighted by Gasteiger charge is 2.23. The van der Waals surface area contributed by atoms with E-state index in [1.54, 1.807) is 18.6 Å². The van der Waals surface area contributed by atoms with Crippen molar-refractivity contribution < 1.29 is 4.74 Å². The van der Waals surface area contributed by atoms with E-state index < -0.39 is 0 Å². The molecule has 0 unspecified atom stereocenters. The number of piperidine rings is 1. The van der Waals surface area contributed by atoms with Crippen LogP contribution >= 0.6 is 0 Å². The number of nitrogens with zero attached hydrogens (tertiary/aromatic N) is 6. The van der Waals surface area contributed by atoms with Crippen molar-refractivity contribution in [1.82, 2.24) is 19.9 Å². The van der Waals surface area contributed by atoms with Crippen LogP contribution in [0.2, 0.25) is 0 Å². The van der Waals surface area contributed by atoms with Gasteiger partial charge in [0.05, 0.1) is 11.9 Å². The van der Waals surface area contributed by atoms with E-state index in [1.165, 1.54) is 6.20 Å². The molecule has 0 N–H and O–H groups in total. The molecule has 0 bridgehead atoms. The van der Waals surface area contributed by atoms with Gasteiger partial charge in [-0.25, -0.2) is 15.0 Å². The minimum atomic E-state index is 0.106. The zero-order valence-electron chi connectivity index (χ0n) is 12.3. The molecule has 22 heavy (non-hydrogen) atoms. The Hall–Kier alpha value is -2.75. The van der Waals surface area contributed by atoms with Gasteiger partial charge in [-0.1, -0.05) is 0 Å². The number of hydrogen-bond acceptors (Lipinski definition) is 7. The number of ether oxygens (including phenoxy) is 1. The average molecular weight is 296 g/mol. The lowest BCUT2D eigenvalue weighted by molar-refractivity contribution is 0.163. The van der Waals surface area contributed by atoms with E-state index in [0.29, 0.717) is 17.4 Å². The first-order valence-electron chi connectivity index (χ1n) is 7.17. The Balaban J connectivity index is 1.62. The zero-order chi connectivity index (χ0) is 15.4. The lowest BCUT2D eigenvalue weighted by Gasteiger charge is -2.32. The third-order valence-corrected chi connectivity index (χ3v) is 3.55. The van der Waals surface area contributed by atoms with Crippen molar-refractivity contribution in [3.8, 4) is 11.9 Å². The van der Waals surface area contributed by atoms with Gasteiger partial charge in [0, 0.05) is 44.5 Å². The summed E-state index contributed by atoms with van der Waals surface area (Å²) in [6.07, 6.45) is 8.28. The SMILES string of the molecule is Cc1cncc(OC2CCN(c3nccnc3C#N)CC2)n1. The van der Waals surface area contributed by atoms with Gasteiger partial charge in [0.25, 0.3) is 0 Å². The second kappa shape index (κ2) is 6.35. The van der Waals surface area contributed by atoms with Gasteiger partial charge in [-0.05, 0) is 6.92 Å². The van der Waals surface area contributed by atoms with Crippen LogP contribution in [0, 0.1) is 18.3 Å². The Kier molecular flexibility index (Phi) is 4.10. The third kappa shape index (κ3) is 3.11. The molecule has 0 amide bonds. The molecule has 2 aromatic rings. The molecule has 0 saturated carbocycles. The first-order chi connectivity index (χ1) is 10.8. The van der Waals surface area contributed by atoms with Gasteiger partial charge in [-0.2, -0.15) is 5.26 Å². The monoisotopic (exact) mass is 296 g/mol. The van der Waals surface area contributed by atoms with Gasteiger partial charge in [0.2, 0.25) is 5.88 Å². The summed E-state index contributed by atoms with van der Waals surface area (Å²) in [4.78, 5) is 18.8. The van der Waals surface area contributed by atoms with Crippen LogP contribution in [0.25, 0.3) is 0 Å². The van der Waals surface area contributed by atoms with E-state index in [-0.39, 0.29) is 6.10 Å². The summed E-state index contributed by atoms with van der Waals surface area (Å²) in [5, 5.41) is 9.10. The minimum absolute atomic E-state index is 0.106. The second-order valence-corrected chi connectivity index (χ2v) is 5.14. The molecule has 0 atom stereocenters. The maximum atomic E-state index is 9.10. The topological polar surface area (TPSA) is 87.8 Å². The van der Waals surface area contributed by atoms with E-state index >= 15 is 0 Å². The molecule has 1 fully saturated rings. The van der Waals surface area contributed by atoms with Gasteiger partial charge in [-0.15, -0.1) is 0 Å². The van der Waals surface area contributed by atoms with Gasteiger partial charge in [0.1, 0.15) is 12.2 Å². The Bertz CT molecular complexity index is 690. The first kappa shape index (κ1) is 14.2. The summed E-state index contributed by atoms with van der Waals surface area (Å²) in [6, 6.07) is 2.09. The van der Waals surface area contributed by atoms with Crippen LogP contribution in [0.5, 0.6) is 5.88 Å². The lowest BCUT2D eigenvalue weighted by Crippen LogP contribution is -2.39. The molecule has 2 aromatic heterocycles. The number of rotatable bonds is 3. The van der Waals surface area contributed by atoms with Crippen LogP contribution in [0.1, 0.15) is 24.2 Å². The fourth-order valence-electron chi connectivity index (χ4n) is 2.49. The molecule has 3 rings (SSSR count). The van der Waals surface area contributed by atoms with Crippen molar-refractivity contribution in [2.24, 2.45) is 0 Å². The standard InChI is InChI=1S/C15H16N6O/c1-11-9-17-10-14(20-11)22-12-2-6-21(7-3-12)15-13(8-16)18-4-5-19-15/h4-5,9-10,12H,2-3,6-7H2,1H3. The number of aryl methyl sites for hydroxylation is 1. The zero-order valence-corrected chi connectivity index (χ0v) is 12.3. The van der Waals surface area contributed by atoms with E-state index in [1.807, 2.05) is 6.92 Å². The van der Waals surface area contributed by atoms with Gasteiger partial charge >= 0.3 is 0 Å². The fraction of sp³-hybridized carbons (Fsp3) is 0.400. The molecule has 112 valence electrons. The van der Waals surface area contributed by atoms with Gasteiger partial charge in [0.15, 0.2) is 11.5 Å². The van der Waals surface area contributed by atoms with Crippen molar-refractivity contribution in [2.75, 3.05) is 18.0 Å². The lowest BCUT2D eigenvalue weighted by atomic mass is 10.1. The summed E-state index contributed by atoms with van der Waals surface area (Å²) in [5.74, 6) is 1.22. The summed E-state index contributed by atoms with van der Waals surface area (Å²) in [5.41, 5.74) is 1.21. The van der Waals surface area contributed by atoms with Crippen LogP contribution in [0.3, 0.4) is 0 Å². The van der Waals surface area contributed by atoms with E-state index in [2.05, 4.69) is 30.9 Å². The first-order valence-corrected chi connectivity index (χ1v) is 7.17. The summed E-state index contributed by atoms with van der Waals surface area (Å²) >= 11 is 0. The highest BCUT2D eigenvalue weighted by molar-refractivity contribution is 5.49. The Morgan fingerprint density at radius 2 is 2.00 bits per heavy atom. The van der Waals surface area contributed by atoms with Gasteiger partial charge in [-0.3, -0.25) is 4.98 Å². The summed E-state index contributed by atoms with van der Waals surface area (Å²) in [7, 11) is 0. The predicted molar refractivity (Wildman–Crippen MR) is 79.4 cm³/mol. The second-order valence-electron chi connectivity index (χ2n) is 5.14. The van der Waals surface area contributed by atoms with Crippen molar-refractivity contribution in [3.63, 3.8) is 0 Å². The van der Waals surface area contributed by atoms with Crippen LogP contribution < -0.4 is 9.64 Å². The van der Waals surface area contributed by atoms with E-state index in [9.17, 15) is 0 Å². The molecule has 3 heterocycles. The highest BCUT2D eigenvalue weighted by Crippen LogP contribution is 2.22. The molecular weight excluding hydrogens is 280 g/mol. The molecule has 0 aliphatic carbocycles. The molecular formula is C15H16N6O. The van der Waals surface area contributed by atoms with Crippen molar-refractivity contribution in [1.29, 1.82) is 5.26 Å². The van der Waals surface area contributed by atoms with Crippen molar-refractivity contribution >= 4 is 5.82 Å². The normalized spacial score (nSPS) is 15.4. The molecule has 1 aliphatic heterocycles. The van der Waals surface area contributed by atoms with E-state index in [4.69, 9.17) is 10.00 Å². The maximum absolute atomic E-state index is 9.10. The smallest absolute Gasteiger partial charge is 0.232 e. The average Bonchev–Trinajstić information content (AvgIpc) is 2.56. The summed E-state index contributed by atoms with van der Waals surface area (Å²) in [6.45, 7) is 3.44. The number of aromatic nitrogens is 4. The fourth-order valence-corrected chi connectivity index (χ4v) is 2.49. The largest absolute Gasteiger partial charge is 0.473 e. The molecule has 7 heteroatoms. The minimum Gasteiger partial charge on any atom is -0.473 e. The Morgan fingerprint density at radius 3 is 2.73 bits per heavy atom. The van der Waals surface area contributed by atoms with Crippen LogP contribution in [0.4, 0.5) is 5.82 Å². The summed E-state index contributed by atoms with van der Waals surface area (Å²) < 4.78 is 5.88. The molecule has 0 aromatic carbocycles. The van der Waals surface area contributed by atoms with Crippen LogP contribution in [-0.4, -0.2) is 39.1 Å². The Morgan fingerprint density at radius 1 is 1.23 bits per heavy atom. The number of nitriles is 1. The quantitative estimate of drug-likeness (QED) is 0.848. The van der Waals surface area contributed by atoms with Crippen LogP contribution in [0.15, 0.2) is 24.8 Å². The molecule has 1 aliphatic rings. The Labute approximate surface area is 128 Å². The van der Waals surface area contributed by atoms with Crippen molar-refractivity contribution in [2.45, 2.75) is 25.9 Å². The highest BCUT2D eigenvalue weighted by atomic mass is 16.5. The van der Waals surface area contributed by atoms with Crippen LogP contribution in [-0.2, 0) is 0 Å². The van der Waals surface area contributed by atoms with Gasteiger partial charge < -0.3 is 9.64 Å². The third-order valence-electron chi connectivity index (χ3n) is 3.55. The van der Waals surface area contributed by atoms with E-state index in [0.717, 1.165) is 31.6 Å². The number of hydrogen-bond donors (Lipinski definition) is 0.